The van der Waals surface area contributed by atoms with E-state index in [2.05, 4.69) is 0 Å². The van der Waals surface area contributed by atoms with Crippen molar-refractivity contribution in [1.29, 1.82) is 0 Å². The highest BCUT2D eigenvalue weighted by molar-refractivity contribution is 6.19. The molecule has 1 aliphatic carbocycles. The summed E-state index contributed by atoms with van der Waals surface area (Å²) in [5.74, 6) is -0.237. The van der Waals surface area contributed by atoms with Crippen LogP contribution in [0.3, 0.4) is 0 Å². The summed E-state index contributed by atoms with van der Waals surface area (Å²) in [7, 11) is 0. The summed E-state index contributed by atoms with van der Waals surface area (Å²) in [6.45, 7) is 0.150. The first-order valence-corrected chi connectivity index (χ1v) is 6.53. The number of amides is 2. The first-order chi connectivity index (χ1) is 9.18. The Morgan fingerprint density at radius 2 is 1.58 bits per heavy atom. The van der Waals surface area contributed by atoms with Gasteiger partial charge in [-0.05, 0) is 31.7 Å². The fourth-order valence-corrected chi connectivity index (χ4v) is 2.75. The van der Waals surface area contributed by atoms with E-state index in [-0.39, 0.29) is 24.1 Å². The van der Waals surface area contributed by atoms with Gasteiger partial charge < -0.3 is 5.11 Å². The Morgan fingerprint density at radius 1 is 1.00 bits per heavy atom. The van der Waals surface area contributed by atoms with Gasteiger partial charge >= 0.3 is 0 Å². The minimum absolute atomic E-state index is 0.118. The third-order valence-electron chi connectivity index (χ3n) is 3.79. The van der Waals surface area contributed by atoms with Gasteiger partial charge in [-0.25, -0.2) is 0 Å². The number of hydrogen-bond donors (Lipinski definition) is 1. The monoisotopic (exact) mass is 257 g/mol. The second kappa shape index (κ2) is 4.53. The van der Waals surface area contributed by atoms with Crippen molar-refractivity contribution in [3.63, 3.8) is 0 Å². The van der Waals surface area contributed by atoms with Crippen LogP contribution in [-0.4, -0.2) is 21.8 Å². The van der Waals surface area contributed by atoms with Gasteiger partial charge in [-0.3, -0.25) is 14.5 Å². The van der Waals surface area contributed by atoms with Crippen LogP contribution in [0.2, 0.25) is 0 Å². The summed E-state index contributed by atoms with van der Waals surface area (Å²) in [5, 5.41) is 9.74. The highest BCUT2D eigenvalue weighted by Gasteiger charge is 2.38. The van der Waals surface area contributed by atoms with E-state index in [1.54, 1.807) is 24.3 Å². The van der Waals surface area contributed by atoms with E-state index >= 15 is 0 Å². The Bertz CT molecular complexity index is 561. The standard InChI is InChI=1S/C15H15NO3/c17-13-8-4-1-5-10(13)9-16-14(18)11-6-2-3-7-12(11)15(16)19/h1,4-5,8,17H,2-3,6-7,9H2. The summed E-state index contributed by atoms with van der Waals surface area (Å²) >= 11 is 0. The first kappa shape index (κ1) is 12.0. The fourth-order valence-electron chi connectivity index (χ4n) is 2.75. The number of benzene rings is 1. The maximum absolute atomic E-state index is 12.2. The molecule has 0 aromatic heterocycles. The molecule has 4 nitrogen and oxygen atoms in total. The van der Waals surface area contributed by atoms with Crippen molar-refractivity contribution >= 4 is 11.8 Å². The molecule has 98 valence electrons. The zero-order valence-corrected chi connectivity index (χ0v) is 10.6. The zero-order valence-electron chi connectivity index (χ0n) is 10.6. The van der Waals surface area contributed by atoms with E-state index < -0.39 is 0 Å². The van der Waals surface area contributed by atoms with Crippen LogP contribution < -0.4 is 0 Å². The van der Waals surface area contributed by atoms with Crippen molar-refractivity contribution in [3.8, 4) is 5.75 Å². The smallest absolute Gasteiger partial charge is 0.257 e. The second-order valence-electron chi connectivity index (χ2n) is 4.99. The van der Waals surface area contributed by atoms with Crippen molar-refractivity contribution in [2.24, 2.45) is 0 Å². The number of phenolic OH excluding ortho intramolecular Hbond substituents is 1. The molecule has 1 aromatic rings. The number of aromatic hydroxyl groups is 1. The number of rotatable bonds is 2. The van der Waals surface area contributed by atoms with Gasteiger partial charge in [0.2, 0.25) is 0 Å². The topological polar surface area (TPSA) is 57.6 Å². The summed E-state index contributed by atoms with van der Waals surface area (Å²) in [4.78, 5) is 25.7. The molecule has 0 bridgehead atoms. The van der Waals surface area contributed by atoms with Crippen molar-refractivity contribution in [1.82, 2.24) is 4.90 Å². The molecule has 2 aliphatic rings. The highest BCUT2D eigenvalue weighted by Crippen LogP contribution is 2.34. The van der Waals surface area contributed by atoms with Crippen LogP contribution in [0, 0.1) is 0 Å². The van der Waals surface area contributed by atoms with Crippen LogP contribution in [0.25, 0.3) is 0 Å². The van der Waals surface area contributed by atoms with E-state index in [0.717, 1.165) is 12.8 Å². The number of hydrogen-bond acceptors (Lipinski definition) is 3. The van der Waals surface area contributed by atoms with Gasteiger partial charge in [-0.1, -0.05) is 18.2 Å². The van der Waals surface area contributed by atoms with Crippen molar-refractivity contribution in [2.45, 2.75) is 32.2 Å². The van der Waals surface area contributed by atoms with Gasteiger partial charge in [-0.2, -0.15) is 0 Å². The molecule has 0 unspecified atom stereocenters. The van der Waals surface area contributed by atoms with Crippen LogP contribution in [0.1, 0.15) is 31.2 Å². The third-order valence-corrected chi connectivity index (χ3v) is 3.79. The molecule has 2 amide bonds. The fraction of sp³-hybridized carbons (Fsp3) is 0.333. The Labute approximate surface area is 111 Å². The lowest BCUT2D eigenvalue weighted by Crippen LogP contribution is -2.31. The van der Waals surface area contributed by atoms with E-state index in [4.69, 9.17) is 0 Å². The lowest BCUT2D eigenvalue weighted by Gasteiger charge is -2.15. The van der Waals surface area contributed by atoms with Gasteiger partial charge in [-0.15, -0.1) is 0 Å². The van der Waals surface area contributed by atoms with Crippen LogP contribution in [0.15, 0.2) is 35.4 Å². The molecule has 0 atom stereocenters. The predicted octanol–water partition coefficient (Wildman–Crippen LogP) is 2.13. The quantitative estimate of drug-likeness (QED) is 0.826. The SMILES string of the molecule is O=C1C2=C(CCCC2)C(=O)N1Cc1ccccc1O. The molecule has 0 spiro atoms. The molecule has 1 N–H and O–H groups in total. The van der Waals surface area contributed by atoms with Crippen LogP contribution >= 0.6 is 0 Å². The van der Waals surface area contributed by atoms with E-state index in [1.165, 1.54) is 4.90 Å². The number of carbonyl (C=O) groups is 2. The van der Waals surface area contributed by atoms with E-state index in [9.17, 15) is 14.7 Å². The summed E-state index contributed by atoms with van der Waals surface area (Å²) in [6, 6.07) is 6.80. The van der Waals surface area contributed by atoms with Gasteiger partial charge in [0.05, 0.1) is 6.54 Å². The van der Waals surface area contributed by atoms with Crippen molar-refractivity contribution in [3.05, 3.63) is 41.0 Å². The van der Waals surface area contributed by atoms with Crippen molar-refractivity contribution in [2.75, 3.05) is 0 Å². The molecule has 1 aliphatic heterocycles. The molecule has 0 saturated heterocycles. The Kier molecular flexibility index (Phi) is 2.85. The number of imide groups is 1. The zero-order chi connectivity index (χ0) is 13.4. The largest absolute Gasteiger partial charge is 0.508 e. The van der Waals surface area contributed by atoms with Crippen molar-refractivity contribution < 1.29 is 14.7 Å². The van der Waals surface area contributed by atoms with Gasteiger partial charge in [0.25, 0.3) is 11.8 Å². The molecule has 0 saturated carbocycles. The Hall–Kier alpha value is -2.10. The number of para-hydroxylation sites is 1. The molecular weight excluding hydrogens is 242 g/mol. The van der Waals surface area contributed by atoms with E-state index in [1.807, 2.05) is 0 Å². The van der Waals surface area contributed by atoms with E-state index in [0.29, 0.717) is 29.6 Å². The molecule has 3 rings (SSSR count). The lowest BCUT2D eigenvalue weighted by molar-refractivity contribution is -0.138. The number of phenols is 1. The second-order valence-corrected chi connectivity index (χ2v) is 4.99. The van der Waals surface area contributed by atoms with Crippen LogP contribution in [-0.2, 0) is 16.1 Å². The Morgan fingerprint density at radius 3 is 2.16 bits per heavy atom. The number of carbonyl (C=O) groups excluding carboxylic acids is 2. The normalized spacial score (nSPS) is 19.1. The minimum atomic E-state index is -0.178. The first-order valence-electron chi connectivity index (χ1n) is 6.53. The molecule has 19 heavy (non-hydrogen) atoms. The minimum Gasteiger partial charge on any atom is -0.508 e. The molecule has 1 aromatic carbocycles. The maximum atomic E-state index is 12.2. The molecule has 0 fully saturated rings. The van der Waals surface area contributed by atoms with Crippen LogP contribution in [0.5, 0.6) is 5.75 Å². The molecule has 0 radical (unpaired) electrons. The molecule has 1 heterocycles. The highest BCUT2D eigenvalue weighted by atomic mass is 16.3. The van der Waals surface area contributed by atoms with Crippen LogP contribution in [0.4, 0.5) is 0 Å². The predicted molar refractivity (Wildman–Crippen MR) is 69.2 cm³/mol. The molecule has 4 heteroatoms. The van der Waals surface area contributed by atoms with Gasteiger partial charge in [0.15, 0.2) is 0 Å². The average molecular weight is 257 g/mol. The summed E-state index contributed by atoms with van der Waals surface area (Å²) in [6.07, 6.45) is 3.36. The summed E-state index contributed by atoms with van der Waals surface area (Å²) < 4.78 is 0. The van der Waals surface area contributed by atoms with Gasteiger partial charge in [0, 0.05) is 16.7 Å². The maximum Gasteiger partial charge on any atom is 0.257 e. The lowest BCUT2D eigenvalue weighted by atomic mass is 9.93. The Balaban J connectivity index is 1.86. The molecular formula is C15H15NO3. The average Bonchev–Trinajstić information content (AvgIpc) is 2.67. The van der Waals surface area contributed by atoms with Gasteiger partial charge in [0.1, 0.15) is 5.75 Å². The third kappa shape index (κ3) is 1.93. The number of nitrogens with zero attached hydrogens (tertiary/aromatic N) is 1. The summed E-state index contributed by atoms with van der Waals surface area (Å²) in [5.41, 5.74) is 1.97.